The van der Waals surface area contributed by atoms with E-state index in [0.717, 1.165) is 13.1 Å². The normalized spacial score (nSPS) is 20.4. The van der Waals surface area contributed by atoms with Crippen LogP contribution in [0.2, 0.25) is 0 Å². The van der Waals surface area contributed by atoms with Crippen molar-refractivity contribution in [3.8, 4) is 0 Å². The number of likely N-dealkylation sites (tertiary alicyclic amines) is 1. The van der Waals surface area contributed by atoms with Gasteiger partial charge in [0.05, 0.1) is 12.6 Å². The van der Waals surface area contributed by atoms with Crippen LogP contribution < -0.4 is 5.32 Å². The summed E-state index contributed by atoms with van der Waals surface area (Å²) in [6.07, 6.45) is 2.38. The van der Waals surface area contributed by atoms with Crippen molar-refractivity contribution in [3.05, 3.63) is 35.9 Å². The fourth-order valence-corrected chi connectivity index (χ4v) is 3.03. The van der Waals surface area contributed by atoms with Gasteiger partial charge in [0.1, 0.15) is 0 Å². The molecule has 1 aromatic carbocycles. The molecule has 1 aliphatic heterocycles. The van der Waals surface area contributed by atoms with E-state index in [0.29, 0.717) is 12.6 Å². The van der Waals surface area contributed by atoms with Gasteiger partial charge in [0.2, 0.25) is 5.91 Å². The van der Waals surface area contributed by atoms with Crippen LogP contribution in [-0.4, -0.2) is 55.5 Å². The zero-order chi connectivity index (χ0) is 15.2. The summed E-state index contributed by atoms with van der Waals surface area (Å²) >= 11 is 0. The number of rotatable bonds is 6. The molecule has 0 aliphatic carbocycles. The second-order valence-electron chi connectivity index (χ2n) is 5.92. The Labute approximate surface area is 128 Å². The lowest BCUT2D eigenvalue weighted by molar-refractivity contribution is -0.133. The lowest BCUT2D eigenvalue weighted by Gasteiger charge is -2.30. The molecule has 4 heteroatoms. The minimum atomic E-state index is 0.115. The van der Waals surface area contributed by atoms with Gasteiger partial charge in [-0.15, -0.1) is 0 Å². The molecule has 116 valence electrons. The average Bonchev–Trinajstić information content (AvgIpc) is 2.94. The van der Waals surface area contributed by atoms with Crippen LogP contribution in [0.15, 0.2) is 30.3 Å². The Morgan fingerprint density at radius 3 is 2.81 bits per heavy atom. The number of hydrogen-bond acceptors (Lipinski definition) is 3. The van der Waals surface area contributed by atoms with Crippen LogP contribution in [0.4, 0.5) is 0 Å². The second-order valence-corrected chi connectivity index (χ2v) is 5.92. The molecule has 2 rings (SSSR count). The zero-order valence-electron chi connectivity index (χ0n) is 13.4. The standard InChI is InChI=1S/C17H27N3O/c1-14(15-8-5-4-6-9-15)19(3)17(21)13-20-11-7-10-16(20)12-18-2/h4-6,8-9,14,16,18H,7,10-13H2,1-3H3. The van der Waals surface area contributed by atoms with Gasteiger partial charge in [-0.3, -0.25) is 9.69 Å². The summed E-state index contributed by atoms with van der Waals surface area (Å²) in [6.45, 7) is 4.61. The number of carbonyl (C=O) groups excluding carboxylic acids is 1. The van der Waals surface area contributed by atoms with Gasteiger partial charge in [0.25, 0.3) is 0 Å². The molecule has 1 amide bonds. The molecule has 2 atom stereocenters. The summed E-state index contributed by atoms with van der Waals surface area (Å²) in [5, 5.41) is 3.22. The Kier molecular flexibility index (Phi) is 5.76. The first-order chi connectivity index (χ1) is 10.1. The lowest BCUT2D eigenvalue weighted by atomic mass is 10.1. The van der Waals surface area contributed by atoms with Gasteiger partial charge >= 0.3 is 0 Å². The maximum atomic E-state index is 12.5. The molecule has 4 nitrogen and oxygen atoms in total. The van der Waals surface area contributed by atoms with E-state index >= 15 is 0 Å². The summed E-state index contributed by atoms with van der Waals surface area (Å²) in [5.74, 6) is 0.203. The van der Waals surface area contributed by atoms with Crippen molar-refractivity contribution >= 4 is 5.91 Å². The maximum absolute atomic E-state index is 12.5. The molecule has 0 spiro atoms. The van der Waals surface area contributed by atoms with Crippen molar-refractivity contribution in [1.82, 2.24) is 15.1 Å². The molecule has 0 bridgehead atoms. The van der Waals surface area contributed by atoms with E-state index in [1.54, 1.807) is 0 Å². The quantitative estimate of drug-likeness (QED) is 0.868. The van der Waals surface area contributed by atoms with Crippen LogP contribution in [0.3, 0.4) is 0 Å². The van der Waals surface area contributed by atoms with Crippen molar-refractivity contribution in [2.24, 2.45) is 0 Å². The highest BCUT2D eigenvalue weighted by Crippen LogP contribution is 2.20. The number of carbonyl (C=O) groups is 1. The van der Waals surface area contributed by atoms with Gasteiger partial charge in [-0.1, -0.05) is 30.3 Å². The lowest BCUT2D eigenvalue weighted by Crippen LogP contribution is -2.44. The van der Waals surface area contributed by atoms with Crippen LogP contribution in [0.25, 0.3) is 0 Å². The van der Waals surface area contributed by atoms with Crippen LogP contribution in [0, 0.1) is 0 Å². The highest BCUT2D eigenvalue weighted by molar-refractivity contribution is 5.78. The van der Waals surface area contributed by atoms with Crippen molar-refractivity contribution in [1.29, 1.82) is 0 Å². The third-order valence-corrected chi connectivity index (χ3v) is 4.53. The molecule has 1 N–H and O–H groups in total. The van der Waals surface area contributed by atoms with E-state index in [-0.39, 0.29) is 11.9 Å². The third kappa shape index (κ3) is 4.05. The molecular formula is C17H27N3O. The van der Waals surface area contributed by atoms with Crippen LogP contribution in [-0.2, 0) is 4.79 Å². The molecule has 21 heavy (non-hydrogen) atoms. The first-order valence-electron chi connectivity index (χ1n) is 7.82. The number of nitrogens with one attached hydrogen (secondary N) is 1. The molecule has 2 unspecified atom stereocenters. The Hall–Kier alpha value is -1.39. The summed E-state index contributed by atoms with van der Waals surface area (Å²) < 4.78 is 0. The molecule has 1 fully saturated rings. The fourth-order valence-electron chi connectivity index (χ4n) is 3.03. The van der Waals surface area contributed by atoms with Crippen LogP contribution in [0.1, 0.15) is 31.4 Å². The van der Waals surface area contributed by atoms with Crippen LogP contribution in [0.5, 0.6) is 0 Å². The van der Waals surface area contributed by atoms with Crippen molar-refractivity contribution in [3.63, 3.8) is 0 Å². The van der Waals surface area contributed by atoms with Gasteiger partial charge < -0.3 is 10.2 Å². The number of likely N-dealkylation sites (N-methyl/N-ethyl adjacent to an activating group) is 2. The topological polar surface area (TPSA) is 35.6 Å². The largest absolute Gasteiger partial charge is 0.338 e. The fraction of sp³-hybridized carbons (Fsp3) is 0.588. The molecule has 0 aromatic heterocycles. The zero-order valence-corrected chi connectivity index (χ0v) is 13.4. The Balaban J connectivity index is 1.93. The second kappa shape index (κ2) is 7.57. The first kappa shape index (κ1) is 16.0. The highest BCUT2D eigenvalue weighted by atomic mass is 16.2. The summed E-state index contributed by atoms with van der Waals surface area (Å²) in [5.41, 5.74) is 1.18. The van der Waals surface area contributed by atoms with Crippen LogP contribution >= 0.6 is 0 Å². The molecule has 1 aliphatic rings. The number of hydrogen-bond donors (Lipinski definition) is 1. The highest BCUT2D eigenvalue weighted by Gasteiger charge is 2.27. The smallest absolute Gasteiger partial charge is 0.237 e. The summed E-state index contributed by atoms with van der Waals surface area (Å²) in [4.78, 5) is 16.7. The van der Waals surface area contributed by atoms with Gasteiger partial charge in [0, 0.05) is 19.6 Å². The van der Waals surface area contributed by atoms with E-state index in [1.165, 1.54) is 18.4 Å². The van der Waals surface area contributed by atoms with E-state index < -0.39 is 0 Å². The molecule has 0 radical (unpaired) electrons. The van der Waals surface area contributed by atoms with E-state index in [9.17, 15) is 4.79 Å². The Morgan fingerprint density at radius 2 is 2.14 bits per heavy atom. The Morgan fingerprint density at radius 1 is 1.43 bits per heavy atom. The summed E-state index contributed by atoms with van der Waals surface area (Å²) in [6, 6.07) is 10.8. The van der Waals surface area contributed by atoms with Gasteiger partial charge in [-0.25, -0.2) is 0 Å². The number of amides is 1. The number of benzene rings is 1. The average molecular weight is 289 g/mol. The molecule has 1 heterocycles. The monoisotopic (exact) mass is 289 g/mol. The van der Waals surface area contributed by atoms with Gasteiger partial charge in [0.15, 0.2) is 0 Å². The maximum Gasteiger partial charge on any atom is 0.237 e. The van der Waals surface area contributed by atoms with Gasteiger partial charge in [-0.05, 0) is 38.9 Å². The molecule has 1 saturated heterocycles. The minimum absolute atomic E-state index is 0.115. The Bertz CT molecular complexity index is 449. The molecular weight excluding hydrogens is 262 g/mol. The third-order valence-electron chi connectivity index (χ3n) is 4.53. The van der Waals surface area contributed by atoms with Crippen molar-refractivity contribution in [2.75, 3.05) is 33.7 Å². The van der Waals surface area contributed by atoms with Crippen molar-refractivity contribution < 1.29 is 4.79 Å². The molecule has 1 aromatic rings. The minimum Gasteiger partial charge on any atom is -0.338 e. The van der Waals surface area contributed by atoms with E-state index in [2.05, 4.69) is 29.3 Å². The SMILES string of the molecule is CNCC1CCCN1CC(=O)N(C)C(C)c1ccccc1. The predicted octanol–water partition coefficient (Wildman–Crippen LogP) is 1.89. The summed E-state index contributed by atoms with van der Waals surface area (Å²) in [7, 11) is 3.88. The molecule has 0 saturated carbocycles. The van der Waals surface area contributed by atoms with E-state index in [1.807, 2.05) is 37.2 Å². The number of nitrogens with zero attached hydrogens (tertiary/aromatic N) is 2. The van der Waals surface area contributed by atoms with E-state index in [4.69, 9.17) is 0 Å². The van der Waals surface area contributed by atoms with Crippen molar-refractivity contribution in [2.45, 2.75) is 31.8 Å². The van der Waals surface area contributed by atoms with Gasteiger partial charge in [-0.2, -0.15) is 0 Å². The first-order valence-corrected chi connectivity index (χ1v) is 7.82. The predicted molar refractivity (Wildman–Crippen MR) is 86.1 cm³/mol.